The van der Waals surface area contributed by atoms with Gasteiger partial charge < -0.3 is 5.32 Å². The zero-order chi connectivity index (χ0) is 13.1. The van der Waals surface area contributed by atoms with E-state index in [0.717, 1.165) is 24.1 Å². The number of hydrogen-bond acceptors (Lipinski definition) is 2. The molecule has 3 nitrogen and oxygen atoms in total. The Balaban J connectivity index is 1.81. The Bertz CT molecular complexity index is 375. The normalized spacial score (nSPS) is 26.2. The quantitative estimate of drug-likeness (QED) is 0.888. The fourth-order valence-electron chi connectivity index (χ4n) is 3.03. The molecule has 2 rings (SSSR count). The van der Waals surface area contributed by atoms with Gasteiger partial charge in [-0.15, -0.1) is 0 Å². The van der Waals surface area contributed by atoms with E-state index in [1.807, 2.05) is 11.7 Å². The van der Waals surface area contributed by atoms with Crippen LogP contribution >= 0.6 is 0 Å². The first kappa shape index (κ1) is 13.6. The predicted molar refractivity (Wildman–Crippen MR) is 75.5 cm³/mol. The zero-order valence-electron chi connectivity index (χ0n) is 12.2. The molecule has 1 saturated carbocycles. The van der Waals surface area contributed by atoms with Gasteiger partial charge >= 0.3 is 0 Å². The fraction of sp³-hybridized carbons (Fsp3) is 0.800. The van der Waals surface area contributed by atoms with Crippen molar-refractivity contribution in [1.29, 1.82) is 0 Å². The molecule has 1 heterocycles. The summed E-state index contributed by atoms with van der Waals surface area (Å²) < 4.78 is 1.91. The molecule has 0 aliphatic heterocycles. The number of aromatic nitrogens is 2. The Hall–Kier alpha value is -0.830. The molecule has 1 aromatic heterocycles. The van der Waals surface area contributed by atoms with Gasteiger partial charge in [-0.2, -0.15) is 5.10 Å². The summed E-state index contributed by atoms with van der Waals surface area (Å²) in [7, 11) is 1.99. The van der Waals surface area contributed by atoms with Crippen LogP contribution in [0.15, 0.2) is 6.20 Å². The van der Waals surface area contributed by atoms with Crippen LogP contribution in [0.3, 0.4) is 0 Å². The van der Waals surface area contributed by atoms with Gasteiger partial charge in [0.2, 0.25) is 0 Å². The fourth-order valence-corrected chi connectivity index (χ4v) is 3.03. The smallest absolute Gasteiger partial charge is 0.0641 e. The second kappa shape index (κ2) is 5.87. The maximum Gasteiger partial charge on any atom is 0.0641 e. The van der Waals surface area contributed by atoms with Gasteiger partial charge in [0.15, 0.2) is 0 Å². The van der Waals surface area contributed by atoms with E-state index in [9.17, 15) is 0 Å². The summed E-state index contributed by atoms with van der Waals surface area (Å²) in [6.45, 7) is 7.87. The molecule has 1 aliphatic carbocycles. The summed E-state index contributed by atoms with van der Waals surface area (Å²) in [5, 5.41) is 8.10. The predicted octanol–water partition coefficient (Wildman–Crippen LogP) is 3.21. The highest BCUT2D eigenvalue weighted by molar-refractivity contribution is 5.19. The summed E-state index contributed by atoms with van der Waals surface area (Å²) in [5.74, 6) is 1.82. The molecule has 0 amide bonds. The van der Waals surface area contributed by atoms with Gasteiger partial charge in [-0.25, -0.2) is 0 Å². The van der Waals surface area contributed by atoms with Crippen LogP contribution in [0.1, 0.15) is 56.8 Å². The maximum atomic E-state index is 4.41. The molecule has 0 aromatic carbocycles. The summed E-state index contributed by atoms with van der Waals surface area (Å²) in [5.41, 5.74) is 2.48. The lowest BCUT2D eigenvalue weighted by molar-refractivity contribution is 0.276. The minimum atomic E-state index is 0.415. The molecule has 1 unspecified atom stereocenters. The average Bonchev–Trinajstić information content (AvgIpc) is 2.67. The van der Waals surface area contributed by atoms with Crippen molar-refractivity contribution < 1.29 is 0 Å². The molecule has 0 saturated heterocycles. The summed E-state index contributed by atoms with van der Waals surface area (Å²) >= 11 is 0. The molecule has 1 aromatic rings. The SMILES string of the molecule is Cc1nn(C)cc1C(C)NCC1CCC(C)CC1. The van der Waals surface area contributed by atoms with Crippen molar-refractivity contribution in [2.24, 2.45) is 18.9 Å². The molecule has 0 bridgehead atoms. The van der Waals surface area contributed by atoms with Crippen LogP contribution in [-0.2, 0) is 7.05 Å². The minimum absolute atomic E-state index is 0.415. The second-order valence-electron chi connectivity index (χ2n) is 6.10. The number of aryl methyl sites for hydroxylation is 2. The molecule has 3 heteroatoms. The lowest BCUT2D eigenvalue weighted by Crippen LogP contribution is -2.28. The molecular weight excluding hydrogens is 222 g/mol. The molecule has 102 valence electrons. The third kappa shape index (κ3) is 3.35. The third-order valence-electron chi connectivity index (χ3n) is 4.37. The van der Waals surface area contributed by atoms with Crippen LogP contribution in [0.5, 0.6) is 0 Å². The van der Waals surface area contributed by atoms with Crippen LogP contribution < -0.4 is 5.32 Å². The summed E-state index contributed by atoms with van der Waals surface area (Å²) in [6.07, 6.45) is 7.75. The van der Waals surface area contributed by atoms with Gasteiger partial charge in [0, 0.05) is 24.8 Å². The Morgan fingerprint density at radius 1 is 1.39 bits per heavy atom. The van der Waals surface area contributed by atoms with E-state index < -0.39 is 0 Å². The molecule has 0 spiro atoms. The number of hydrogen-bond donors (Lipinski definition) is 1. The lowest BCUT2D eigenvalue weighted by atomic mass is 9.83. The van der Waals surface area contributed by atoms with Crippen molar-refractivity contribution in [1.82, 2.24) is 15.1 Å². The first-order valence-electron chi connectivity index (χ1n) is 7.29. The van der Waals surface area contributed by atoms with Gasteiger partial charge in [-0.3, -0.25) is 4.68 Å². The Morgan fingerprint density at radius 2 is 2.06 bits per heavy atom. The Labute approximate surface area is 111 Å². The lowest BCUT2D eigenvalue weighted by Gasteiger charge is -2.27. The number of nitrogens with one attached hydrogen (secondary N) is 1. The van der Waals surface area contributed by atoms with Crippen LogP contribution in [0.25, 0.3) is 0 Å². The van der Waals surface area contributed by atoms with Crippen molar-refractivity contribution in [2.75, 3.05) is 6.54 Å². The van der Waals surface area contributed by atoms with Crippen LogP contribution in [0.2, 0.25) is 0 Å². The molecular formula is C15H27N3. The first-order chi connectivity index (χ1) is 8.56. The molecule has 1 aliphatic rings. The first-order valence-corrected chi connectivity index (χ1v) is 7.29. The van der Waals surface area contributed by atoms with Crippen LogP contribution in [0.4, 0.5) is 0 Å². The van der Waals surface area contributed by atoms with Crippen LogP contribution in [0, 0.1) is 18.8 Å². The Kier molecular flexibility index (Phi) is 4.44. The second-order valence-corrected chi connectivity index (χ2v) is 6.10. The largest absolute Gasteiger partial charge is 0.310 e. The van der Waals surface area contributed by atoms with Gasteiger partial charge in [0.05, 0.1) is 5.69 Å². The monoisotopic (exact) mass is 249 g/mol. The van der Waals surface area contributed by atoms with E-state index in [2.05, 4.69) is 37.4 Å². The van der Waals surface area contributed by atoms with E-state index >= 15 is 0 Å². The highest BCUT2D eigenvalue weighted by Crippen LogP contribution is 2.28. The maximum absolute atomic E-state index is 4.41. The van der Waals surface area contributed by atoms with E-state index in [0.29, 0.717) is 6.04 Å². The van der Waals surface area contributed by atoms with E-state index in [1.54, 1.807) is 0 Å². The molecule has 1 atom stereocenters. The topological polar surface area (TPSA) is 29.9 Å². The van der Waals surface area contributed by atoms with Crippen LogP contribution in [-0.4, -0.2) is 16.3 Å². The van der Waals surface area contributed by atoms with E-state index in [-0.39, 0.29) is 0 Å². The summed E-state index contributed by atoms with van der Waals surface area (Å²) in [4.78, 5) is 0. The minimum Gasteiger partial charge on any atom is -0.310 e. The number of nitrogens with zero attached hydrogens (tertiary/aromatic N) is 2. The van der Waals surface area contributed by atoms with Gasteiger partial charge in [0.1, 0.15) is 0 Å². The Morgan fingerprint density at radius 3 is 2.61 bits per heavy atom. The molecule has 0 radical (unpaired) electrons. The van der Waals surface area contributed by atoms with Crippen molar-refractivity contribution in [3.63, 3.8) is 0 Å². The highest BCUT2D eigenvalue weighted by Gasteiger charge is 2.19. The van der Waals surface area contributed by atoms with Gasteiger partial charge in [-0.05, 0) is 45.1 Å². The summed E-state index contributed by atoms with van der Waals surface area (Å²) in [6, 6.07) is 0.415. The number of rotatable bonds is 4. The average molecular weight is 249 g/mol. The highest BCUT2D eigenvalue weighted by atomic mass is 15.3. The van der Waals surface area contributed by atoms with Crippen molar-refractivity contribution in [3.05, 3.63) is 17.5 Å². The zero-order valence-corrected chi connectivity index (χ0v) is 12.2. The molecule has 18 heavy (non-hydrogen) atoms. The molecule has 1 fully saturated rings. The van der Waals surface area contributed by atoms with Gasteiger partial charge in [-0.1, -0.05) is 19.8 Å². The van der Waals surface area contributed by atoms with E-state index in [1.165, 1.54) is 31.2 Å². The standard InChI is InChI=1S/C15H27N3/c1-11-5-7-14(8-6-11)9-16-12(2)15-10-18(4)17-13(15)3/h10-12,14,16H,5-9H2,1-4H3. The van der Waals surface area contributed by atoms with E-state index in [4.69, 9.17) is 0 Å². The molecule has 1 N–H and O–H groups in total. The van der Waals surface area contributed by atoms with Crippen molar-refractivity contribution >= 4 is 0 Å². The third-order valence-corrected chi connectivity index (χ3v) is 4.37. The van der Waals surface area contributed by atoms with Crippen molar-refractivity contribution in [3.8, 4) is 0 Å². The van der Waals surface area contributed by atoms with Gasteiger partial charge in [0.25, 0.3) is 0 Å². The van der Waals surface area contributed by atoms with Crippen molar-refractivity contribution in [2.45, 2.75) is 52.5 Å².